The highest BCUT2D eigenvalue weighted by Gasteiger charge is 2.26. The van der Waals surface area contributed by atoms with E-state index in [0.29, 0.717) is 5.92 Å². The number of rotatable bonds is 5. The van der Waals surface area contributed by atoms with Crippen molar-refractivity contribution in [1.82, 2.24) is 25.5 Å². The summed E-state index contributed by atoms with van der Waals surface area (Å²) >= 11 is 0. The number of H-pyrrole nitrogens is 1. The molecule has 1 aliphatic carbocycles. The molecule has 144 valence electrons. The van der Waals surface area contributed by atoms with E-state index in [2.05, 4.69) is 40.5 Å². The van der Waals surface area contributed by atoms with Crippen molar-refractivity contribution in [3.63, 3.8) is 0 Å². The Morgan fingerprint density at radius 1 is 1.15 bits per heavy atom. The molecule has 0 amide bonds. The molecular weight excluding hydrogens is 371 g/mol. The molecule has 26 heavy (non-hydrogen) atoms. The van der Waals surface area contributed by atoms with E-state index in [-0.39, 0.29) is 24.8 Å². The van der Waals surface area contributed by atoms with Gasteiger partial charge in [0.25, 0.3) is 0 Å². The molecule has 2 aliphatic rings. The van der Waals surface area contributed by atoms with Gasteiger partial charge in [-0.3, -0.25) is 5.10 Å². The Labute approximate surface area is 167 Å². The maximum Gasteiger partial charge on any atom is 0.135 e. The van der Waals surface area contributed by atoms with Crippen molar-refractivity contribution in [3.05, 3.63) is 34.5 Å². The molecule has 6 nitrogen and oxygen atoms in total. The molecule has 8 heteroatoms. The first-order chi connectivity index (χ1) is 11.7. The summed E-state index contributed by atoms with van der Waals surface area (Å²) in [6, 6.07) is 2.22. The van der Waals surface area contributed by atoms with Gasteiger partial charge in [-0.15, -0.1) is 24.8 Å². The van der Waals surface area contributed by atoms with E-state index in [4.69, 9.17) is 9.97 Å². The Kier molecular flexibility index (Phi) is 7.26. The Morgan fingerprint density at radius 3 is 2.65 bits per heavy atom. The third-order valence-corrected chi connectivity index (χ3v) is 4.94. The SMILES string of the molecule is CCc1nc2c(c(N(C)Cc3cc(C4CC4)n[nH]3)n1)CCNCC2.Cl.Cl. The van der Waals surface area contributed by atoms with Crippen molar-refractivity contribution >= 4 is 30.6 Å². The smallest absolute Gasteiger partial charge is 0.135 e. The lowest BCUT2D eigenvalue weighted by Gasteiger charge is -2.22. The second-order valence-corrected chi connectivity index (χ2v) is 6.94. The van der Waals surface area contributed by atoms with E-state index >= 15 is 0 Å². The fourth-order valence-electron chi connectivity index (χ4n) is 3.43. The van der Waals surface area contributed by atoms with E-state index in [1.165, 1.54) is 29.8 Å². The van der Waals surface area contributed by atoms with Gasteiger partial charge in [0.2, 0.25) is 0 Å². The summed E-state index contributed by atoms with van der Waals surface area (Å²) in [5.41, 5.74) is 4.91. The van der Waals surface area contributed by atoms with Gasteiger partial charge in [0, 0.05) is 37.9 Å². The fourth-order valence-corrected chi connectivity index (χ4v) is 3.43. The van der Waals surface area contributed by atoms with Gasteiger partial charge in [0.15, 0.2) is 0 Å². The van der Waals surface area contributed by atoms with Crippen LogP contribution >= 0.6 is 24.8 Å². The first-order valence-electron chi connectivity index (χ1n) is 9.09. The number of aromatic amines is 1. The molecule has 0 spiro atoms. The van der Waals surface area contributed by atoms with Crippen molar-refractivity contribution in [2.45, 2.75) is 51.5 Å². The zero-order valence-electron chi connectivity index (χ0n) is 15.4. The van der Waals surface area contributed by atoms with Crippen LogP contribution < -0.4 is 10.2 Å². The highest BCUT2D eigenvalue weighted by atomic mass is 35.5. The Balaban J connectivity index is 0.00000121. The predicted molar refractivity (Wildman–Crippen MR) is 109 cm³/mol. The number of hydrogen-bond donors (Lipinski definition) is 2. The van der Waals surface area contributed by atoms with Crippen molar-refractivity contribution < 1.29 is 0 Å². The first-order valence-corrected chi connectivity index (χ1v) is 9.09. The average Bonchev–Trinajstić information content (AvgIpc) is 3.38. The van der Waals surface area contributed by atoms with Gasteiger partial charge in [0.05, 0.1) is 23.6 Å². The highest BCUT2D eigenvalue weighted by molar-refractivity contribution is 5.85. The molecule has 0 radical (unpaired) electrons. The number of nitrogens with zero attached hydrogens (tertiary/aromatic N) is 4. The van der Waals surface area contributed by atoms with Crippen molar-refractivity contribution in [3.8, 4) is 0 Å². The molecule has 4 rings (SSSR count). The number of nitrogens with one attached hydrogen (secondary N) is 2. The van der Waals surface area contributed by atoms with Crippen LogP contribution in [-0.2, 0) is 25.8 Å². The lowest BCUT2D eigenvalue weighted by atomic mass is 10.1. The second kappa shape index (κ2) is 9.02. The van der Waals surface area contributed by atoms with Crippen LogP contribution in [0, 0.1) is 0 Å². The zero-order chi connectivity index (χ0) is 16.5. The molecule has 2 aromatic heterocycles. The number of aryl methyl sites for hydroxylation is 1. The maximum absolute atomic E-state index is 4.85. The van der Waals surface area contributed by atoms with Crippen molar-refractivity contribution in [2.75, 3.05) is 25.0 Å². The molecule has 0 aromatic carbocycles. The van der Waals surface area contributed by atoms with Gasteiger partial charge in [0.1, 0.15) is 11.6 Å². The summed E-state index contributed by atoms with van der Waals surface area (Å²) < 4.78 is 0. The zero-order valence-corrected chi connectivity index (χ0v) is 17.0. The summed E-state index contributed by atoms with van der Waals surface area (Å²) in [7, 11) is 2.12. The van der Waals surface area contributed by atoms with Gasteiger partial charge in [-0.05, 0) is 31.9 Å². The molecule has 2 aromatic rings. The van der Waals surface area contributed by atoms with Crippen LogP contribution in [0.1, 0.15) is 54.2 Å². The van der Waals surface area contributed by atoms with Crippen molar-refractivity contribution in [2.24, 2.45) is 0 Å². The number of halogens is 2. The molecule has 0 saturated heterocycles. The predicted octanol–water partition coefficient (Wildman–Crippen LogP) is 2.81. The van der Waals surface area contributed by atoms with E-state index in [1.54, 1.807) is 0 Å². The van der Waals surface area contributed by atoms with E-state index < -0.39 is 0 Å². The summed E-state index contributed by atoms with van der Waals surface area (Å²) in [6.07, 6.45) is 5.42. The summed E-state index contributed by atoms with van der Waals surface area (Å²) in [6.45, 7) is 4.93. The van der Waals surface area contributed by atoms with Gasteiger partial charge < -0.3 is 10.2 Å². The van der Waals surface area contributed by atoms with Crippen molar-refractivity contribution in [1.29, 1.82) is 0 Å². The molecule has 1 saturated carbocycles. The fraction of sp³-hybridized carbons (Fsp3) is 0.611. The van der Waals surface area contributed by atoms with Crippen LogP contribution in [0.3, 0.4) is 0 Å². The molecule has 0 bridgehead atoms. The third-order valence-electron chi connectivity index (χ3n) is 4.94. The molecule has 1 aliphatic heterocycles. The average molecular weight is 399 g/mol. The van der Waals surface area contributed by atoms with E-state index in [0.717, 1.165) is 56.2 Å². The van der Waals surface area contributed by atoms with Crippen LogP contribution in [0.2, 0.25) is 0 Å². The quantitative estimate of drug-likeness (QED) is 0.809. The number of aromatic nitrogens is 4. The highest BCUT2D eigenvalue weighted by Crippen LogP contribution is 2.39. The topological polar surface area (TPSA) is 69.7 Å². The van der Waals surface area contributed by atoms with Crippen LogP contribution in [0.4, 0.5) is 5.82 Å². The normalized spacial score (nSPS) is 16.1. The van der Waals surface area contributed by atoms with Gasteiger partial charge in [-0.2, -0.15) is 5.10 Å². The minimum Gasteiger partial charge on any atom is -0.353 e. The second-order valence-electron chi connectivity index (χ2n) is 6.94. The molecule has 2 N–H and O–H groups in total. The summed E-state index contributed by atoms with van der Waals surface area (Å²) in [4.78, 5) is 11.9. The minimum atomic E-state index is 0. The van der Waals surface area contributed by atoms with Gasteiger partial charge in [-0.25, -0.2) is 9.97 Å². The Hall–Kier alpha value is -1.37. The van der Waals surface area contributed by atoms with Crippen LogP contribution in [0.25, 0.3) is 0 Å². The Morgan fingerprint density at radius 2 is 1.92 bits per heavy atom. The first kappa shape index (κ1) is 20.9. The lowest BCUT2D eigenvalue weighted by Crippen LogP contribution is -2.22. The lowest BCUT2D eigenvalue weighted by molar-refractivity contribution is 0.707. The summed E-state index contributed by atoms with van der Waals surface area (Å²) in [5.74, 6) is 2.72. The molecule has 0 atom stereocenters. The third kappa shape index (κ3) is 4.48. The van der Waals surface area contributed by atoms with Crippen LogP contribution in [0.15, 0.2) is 6.07 Å². The van der Waals surface area contributed by atoms with Crippen LogP contribution in [-0.4, -0.2) is 40.3 Å². The standard InChI is InChI=1S/C18H26N6.2ClH/c1-3-17-20-15-7-9-19-8-6-14(15)18(21-17)24(2)11-13-10-16(23-22-13)12-4-5-12;;/h10,12,19H,3-9,11H2,1-2H3,(H,22,23);2*1H. The van der Waals surface area contributed by atoms with Gasteiger partial charge in [-0.1, -0.05) is 6.92 Å². The number of fused-ring (bicyclic) bond motifs is 1. The maximum atomic E-state index is 4.85. The number of anilines is 1. The van der Waals surface area contributed by atoms with Crippen LogP contribution in [0.5, 0.6) is 0 Å². The molecular formula is C18H28Cl2N6. The minimum absolute atomic E-state index is 0. The molecule has 3 heterocycles. The van der Waals surface area contributed by atoms with E-state index in [1.807, 2.05) is 0 Å². The largest absolute Gasteiger partial charge is 0.353 e. The van der Waals surface area contributed by atoms with E-state index in [9.17, 15) is 0 Å². The monoisotopic (exact) mass is 398 g/mol. The Bertz CT molecular complexity index is 728. The summed E-state index contributed by atoms with van der Waals surface area (Å²) in [5, 5.41) is 11.1. The molecule has 0 unspecified atom stereocenters. The molecule has 1 fully saturated rings. The van der Waals surface area contributed by atoms with Gasteiger partial charge >= 0.3 is 0 Å². The number of hydrogen-bond acceptors (Lipinski definition) is 5.